The lowest BCUT2D eigenvalue weighted by Gasteiger charge is -2.07. The molecule has 1 heterocycles. The molecule has 0 amide bonds. The van der Waals surface area contributed by atoms with Crippen molar-refractivity contribution in [1.29, 1.82) is 5.26 Å². The van der Waals surface area contributed by atoms with Crippen LogP contribution in [0.2, 0.25) is 0 Å². The minimum atomic E-state index is -3.03. The lowest BCUT2D eigenvalue weighted by atomic mass is 10.1. The molecule has 0 saturated heterocycles. The van der Waals surface area contributed by atoms with Gasteiger partial charge in [0.1, 0.15) is 5.75 Å². The average Bonchev–Trinajstić information content (AvgIpc) is 2.11. The summed E-state index contributed by atoms with van der Waals surface area (Å²) in [5.74, 6) is -1.95. The van der Waals surface area contributed by atoms with Crippen LogP contribution in [0.15, 0.2) is 6.20 Å². The van der Waals surface area contributed by atoms with Gasteiger partial charge in [-0.1, -0.05) is 0 Å². The van der Waals surface area contributed by atoms with Crippen LogP contribution in [0, 0.1) is 17.3 Å². The fourth-order valence-corrected chi connectivity index (χ4v) is 1.02. The molecule has 0 radical (unpaired) electrons. The van der Waals surface area contributed by atoms with Crippen molar-refractivity contribution in [2.45, 2.75) is 12.8 Å². The van der Waals surface area contributed by atoms with Gasteiger partial charge in [0.25, 0.3) is 6.43 Å². The number of alkyl halides is 2. The molecular formula is C8H5F3N2O. The Morgan fingerprint density at radius 1 is 1.57 bits per heavy atom. The van der Waals surface area contributed by atoms with E-state index in [-0.39, 0.29) is 0 Å². The molecule has 1 aromatic rings. The van der Waals surface area contributed by atoms with Crippen LogP contribution in [0.1, 0.15) is 17.6 Å². The fraction of sp³-hybridized carbons (Fsp3) is 0.250. The highest BCUT2D eigenvalue weighted by Gasteiger charge is 2.21. The number of hydrogen-bond donors (Lipinski definition) is 1. The van der Waals surface area contributed by atoms with E-state index in [0.29, 0.717) is 6.20 Å². The molecule has 0 aromatic carbocycles. The zero-order chi connectivity index (χ0) is 10.7. The Balaban J connectivity index is 3.35. The highest BCUT2D eigenvalue weighted by atomic mass is 19.3. The van der Waals surface area contributed by atoms with Gasteiger partial charge in [0.2, 0.25) is 5.95 Å². The van der Waals surface area contributed by atoms with Gasteiger partial charge in [0, 0.05) is 5.56 Å². The molecule has 0 aliphatic heterocycles. The van der Waals surface area contributed by atoms with E-state index in [4.69, 9.17) is 10.4 Å². The van der Waals surface area contributed by atoms with Gasteiger partial charge in [-0.25, -0.2) is 13.8 Å². The van der Waals surface area contributed by atoms with Crippen molar-refractivity contribution < 1.29 is 18.3 Å². The molecule has 0 spiro atoms. The third-order valence-corrected chi connectivity index (χ3v) is 1.62. The maximum atomic E-state index is 12.9. The molecule has 1 rings (SSSR count). The molecule has 3 nitrogen and oxygen atoms in total. The van der Waals surface area contributed by atoms with E-state index in [9.17, 15) is 13.2 Å². The summed E-state index contributed by atoms with van der Waals surface area (Å²) in [6, 6.07) is 1.52. The van der Waals surface area contributed by atoms with Crippen molar-refractivity contribution in [3.8, 4) is 11.8 Å². The van der Waals surface area contributed by atoms with Gasteiger partial charge in [-0.05, 0) is 0 Å². The summed E-state index contributed by atoms with van der Waals surface area (Å²) in [5.41, 5.74) is -1.42. The normalized spacial score (nSPS) is 10.2. The molecule has 0 fully saturated rings. The summed E-state index contributed by atoms with van der Waals surface area (Å²) < 4.78 is 37.5. The molecule has 14 heavy (non-hydrogen) atoms. The number of nitriles is 1. The first-order chi connectivity index (χ1) is 6.57. The van der Waals surface area contributed by atoms with Crippen molar-refractivity contribution >= 4 is 0 Å². The predicted octanol–water partition coefficient (Wildman–Crippen LogP) is 1.93. The maximum absolute atomic E-state index is 12.9. The Bertz CT molecular complexity index is 387. The number of aromatic nitrogens is 1. The molecule has 0 aliphatic carbocycles. The standard InChI is InChI=1S/C8H5F3N2O/c9-7(10)6-4(1-2-12)8(11)13-3-5(6)14/h3,7,14H,1H2. The van der Waals surface area contributed by atoms with E-state index in [2.05, 4.69) is 4.98 Å². The summed E-state index contributed by atoms with van der Waals surface area (Å²) in [5, 5.41) is 17.3. The number of nitrogens with zero attached hydrogens (tertiary/aromatic N) is 2. The van der Waals surface area contributed by atoms with Crippen LogP contribution in [0.5, 0.6) is 5.75 Å². The third-order valence-electron chi connectivity index (χ3n) is 1.62. The van der Waals surface area contributed by atoms with Gasteiger partial charge in [-0.15, -0.1) is 0 Å². The lowest BCUT2D eigenvalue weighted by molar-refractivity contribution is 0.145. The maximum Gasteiger partial charge on any atom is 0.267 e. The van der Waals surface area contributed by atoms with Crippen LogP contribution in [0.3, 0.4) is 0 Å². The Kier molecular flexibility index (Phi) is 2.92. The first kappa shape index (κ1) is 10.3. The molecular weight excluding hydrogens is 197 g/mol. The highest BCUT2D eigenvalue weighted by Crippen LogP contribution is 2.31. The number of halogens is 3. The first-order valence-corrected chi connectivity index (χ1v) is 3.59. The van der Waals surface area contributed by atoms with Gasteiger partial charge >= 0.3 is 0 Å². The minimum absolute atomic E-state index is 0.549. The molecule has 0 saturated carbocycles. The molecule has 1 N–H and O–H groups in total. The molecule has 0 unspecified atom stereocenters. The Morgan fingerprint density at radius 2 is 2.21 bits per heavy atom. The van der Waals surface area contributed by atoms with Crippen molar-refractivity contribution in [2.24, 2.45) is 0 Å². The van der Waals surface area contributed by atoms with Crippen LogP contribution < -0.4 is 0 Å². The van der Waals surface area contributed by atoms with E-state index >= 15 is 0 Å². The van der Waals surface area contributed by atoms with Gasteiger partial charge in [-0.3, -0.25) is 0 Å². The molecule has 0 atom stereocenters. The average molecular weight is 202 g/mol. The second kappa shape index (κ2) is 3.96. The second-order valence-electron chi connectivity index (χ2n) is 2.46. The number of hydrogen-bond acceptors (Lipinski definition) is 3. The second-order valence-corrected chi connectivity index (χ2v) is 2.46. The van der Waals surface area contributed by atoms with E-state index in [0.717, 1.165) is 0 Å². The first-order valence-electron chi connectivity index (χ1n) is 3.59. The topological polar surface area (TPSA) is 56.9 Å². The van der Waals surface area contributed by atoms with Gasteiger partial charge < -0.3 is 5.11 Å². The summed E-state index contributed by atoms with van der Waals surface area (Å²) in [6.45, 7) is 0. The van der Waals surface area contributed by atoms with Crippen LogP contribution in [0.25, 0.3) is 0 Å². The van der Waals surface area contributed by atoms with Crippen molar-refractivity contribution in [3.63, 3.8) is 0 Å². The van der Waals surface area contributed by atoms with Crippen LogP contribution in [0.4, 0.5) is 13.2 Å². The Morgan fingerprint density at radius 3 is 2.71 bits per heavy atom. The largest absolute Gasteiger partial charge is 0.506 e. The summed E-state index contributed by atoms with van der Waals surface area (Å²) in [7, 11) is 0. The van der Waals surface area contributed by atoms with Crippen LogP contribution in [-0.4, -0.2) is 10.1 Å². The molecule has 74 valence electrons. The van der Waals surface area contributed by atoms with Gasteiger partial charge in [-0.2, -0.15) is 9.65 Å². The highest BCUT2D eigenvalue weighted by molar-refractivity contribution is 5.39. The zero-order valence-electron chi connectivity index (χ0n) is 6.84. The molecule has 1 aromatic heterocycles. The smallest absolute Gasteiger partial charge is 0.267 e. The number of pyridine rings is 1. The Hall–Kier alpha value is -1.77. The van der Waals surface area contributed by atoms with E-state index in [1.54, 1.807) is 0 Å². The van der Waals surface area contributed by atoms with Crippen molar-refractivity contribution in [2.75, 3.05) is 0 Å². The zero-order valence-corrected chi connectivity index (χ0v) is 6.84. The molecule has 6 heteroatoms. The van der Waals surface area contributed by atoms with Gasteiger partial charge in [0.15, 0.2) is 0 Å². The van der Waals surface area contributed by atoms with Crippen LogP contribution >= 0.6 is 0 Å². The quantitative estimate of drug-likeness (QED) is 0.745. The van der Waals surface area contributed by atoms with Gasteiger partial charge in [0.05, 0.1) is 24.3 Å². The molecule has 0 bridgehead atoms. The van der Waals surface area contributed by atoms with Crippen LogP contribution in [-0.2, 0) is 6.42 Å². The lowest BCUT2D eigenvalue weighted by Crippen LogP contribution is -2.01. The van der Waals surface area contributed by atoms with E-state index in [1.165, 1.54) is 6.07 Å². The summed E-state index contributed by atoms with van der Waals surface area (Å²) in [6.07, 6.45) is -2.99. The predicted molar refractivity (Wildman–Crippen MR) is 40.1 cm³/mol. The summed E-state index contributed by atoms with van der Waals surface area (Å²) >= 11 is 0. The fourth-order valence-electron chi connectivity index (χ4n) is 1.02. The number of aromatic hydroxyl groups is 1. The number of rotatable bonds is 2. The van der Waals surface area contributed by atoms with E-state index in [1.807, 2.05) is 0 Å². The van der Waals surface area contributed by atoms with E-state index < -0.39 is 35.7 Å². The third kappa shape index (κ3) is 1.76. The Labute approximate surface area is 77.4 Å². The molecule has 0 aliphatic rings. The SMILES string of the molecule is N#CCc1c(F)ncc(O)c1C(F)F. The monoisotopic (exact) mass is 202 g/mol. The van der Waals surface area contributed by atoms with Crippen molar-refractivity contribution in [1.82, 2.24) is 4.98 Å². The summed E-state index contributed by atoms with van der Waals surface area (Å²) in [4.78, 5) is 3.04. The minimum Gasteiger partial charge on any atom is -0.506 e. The van der Waals surface area contributed by atoms with Crippen molar-refractivity contribution in [3.05, 3.63) is 23.3 Å².